The van der Waals surface area contributed by atoms with Crippen molar-refractivity contribution in [2.75, 3.05) is 7.11 Å². The van der Waals surface area contributed by atoms with Gasteiger partial charge < -0.3 is 4.74 Å². The maximum Gasteiger partial charge on any atom is 0.128 e. The van der Waals surface area contributed by atoms with Crippen molar-refractivity contribution in [3.63, 3.8) is 0 Å². The van der Waals surface area contributed by atoms with Gasteiger partial charge in [0.05, 0.1) is 18.3 Å². The smallest absolute Gasteiger partial charge is 0.128 e. The molecular formula is C27H22N6O. The minimum Gasteiger partial charge on any atom is -0.496 e. The molecule has 0 aliphatic rings. The highest BCUT2D eigenvalue weighted by molar-refractivity contribution is 6.02. The molecule has 3 heterocycles. The first-order chi connectivity index (χ1) is 16.6. The fourth-order valence-electron chi connectivity index (χ4n) is 4.53. The van der Waals surface area contributed by atoms with Crippen molar-refractivity contribution in [3.05, 3.63) is 79.4 Å². The van der Waals surface area contributed by atoms with E-state index in [1.807, 2.05) is 66.2 Å². The lowest BCUT2D eigenvalue weighted by Crippen LogP contribution is -1.95. The zero-order valence-corrected chi connectivity index (χ0v) is 19.1. The van der Waals surface area contributed by atoms with Crippen molar-refractivity contribution in [2.24, 2.45) is 14.1 Å². The predicted octanol–water partition coefficient (Wildman–Crippen LogP) is 5.26. The molecular weight excluding hydrogens is 424 g/mol. The van der Waals surface area contributed by atoms with Gasteiger partial charge in [0.2, 0.25) is 0 Å². The van der Waals surface area contributed by atoms with Gasteiger partial charge in [0.15, 0.2) is 0 Å². The van der Waals surface area contributed by atoms with E-state index in [2.05, 4.69) is 35.3 Å². The van der Waals surface area contributed by atoms with E-state index in [0.717, 1.165) is 61.2 Å². The van der Waals surface area contributed by atoms with E-state index in [1.165, 1.54) is 0 Å². The lowest BCUT2D eigenvalue weighted by molar-refractivity contribution is 0.417. The summed E-state index contributed by atoms with van der Waals surface area (Å²) in [4.78, 5) is 9.26. The van der Waals surface area contributed by atoms with Gasteiger partial charge in [0, 0.05) is 65.6 Å². The lowest BCUT2D eigenvalue weighted by atomic mass is 9.97. The number of ether oxygens (including phenoxy) is 1. The van der Waals surface area contributed by atoms with Crippen LogP contribution in [-0.4, -0.2) is 36.6 Å². The van der Waals surface area contributed by atoms with Crippen LogP contribution in [-0.2, 0) is 14.1 Å². The average molecular weight is 447 g/mol. The molecule has 0 spiro atoms. The standard InChI is InChI=1S/C27H22N6O/c1-32-14-18-10-7-11-19(26(18)31-32)20-12-21-23(13-24(20)34-3)28-16-29-27(21)22-15-33(2)30-25(22)17-8-5-4-6-9-17/h4-16H,1-3H3. The molecule has 0 aliphatic carbocycles. The van der Waals surface area contributed by atoms with Crippen LogP contribution >= 0.6 is 0 Å². The highest BCUT2D eigenvalue weighted by atomic mass is 16.5. The highest BCUT2D eigenvalue weighted by Crippen LogP contribution is 2.40. The summed E-state index contributed by atoms with van der Waals surface area (Å²) in [6.45, 7) is 0. The first kappa shape index (κ1) is 20.1. The van der Waals surface area contributed by atoms with Crippen LogP contribution in [0.4, 0.5) is 0 Å². The van der Waals surface area contributed by atoms with Crippen LogP contribution in [0.2, 0.25) is 0 Å². The second-order valence-corrected chi connectivity index (χ2v) is 8.27. The number of rotatable bonds is 4. The van der Waals surface area contributed by atoms with Crippen molar-refractivity contribution in [1.82, 2.24) is 29.5 Å². The Balaban J connectivity index is 1.64. The summed E-state index contributed by atoms with van der Waals surface area (Å²) in [6.07, 6.45) is 5.62. The van der Waals surface area contributed by atoms with Crippen LogP contribution in [0.1, 0.15) is 0 Å². The molecule has 0 bridgehead atoms. The SMILES string of the molecule is COc1cc2ncnc(-c3cn(C)nc3-c3ccccc3)c2cc1-c1cccc2cn(C)nc12. The van der Waals surface area contributed by atoms with Gasteiger partial charge in [-0.1, -0.05) is 48.5 Å². The van der Waals surface area contributed by atoms with Crippen LogP contribution in [0.3, 0.4) is 0 Å². The third-order valence-electron chi connectivity index (χ3n) is 6.03. The van der Waals surface area contributed by atoms with Crippen molar-refractivity contribution < 1.29 is 4.74 Å². The largest absolute Gasteiger partial charge is 0.496 e. The lowest BCUT2D eigenvalue weighted by Gasteiger charge is -2.13. The molecule has 0 unspecified atom stereocenters. The van der Waals surface area contributed by atoms with Crippen molar-refractivity contribution in [2.45, 2.75) is 0 Å². The zero-order valence-electron chi connectivity index (χ0n) is 19.1. The van der Waals surface area contributed by atoms with E-state index < -0.39 is 0 Å². The van der Waals surface area contributed by atoms with Crippen LogP contribution in [0.5, 0.6) is 5.75 Å². The Morgan fingerprint density at radius 1 is 0.735 bits per heavy atom. The van der Waals surface area contributed by atoms with Gasteiger partial charge in [-0.25, -0.2) is 9.97 Å². The van der Waals surface area contributed by atoms with Gasteiger partial charge in [-0.05, 0) is 6.07 Å². The monoisotopic (exact) mass is 446 g/mol. The molecule has 34 heavy (non-hydrogen) atoms. The normalized spacial score (nSPS) is 11.4. The molecule has 0 fully saturated rings. The first-order valence-electron chi connectivity index (χ1n) is 11.0. The van der Waals surface area contributed by atoms with E-state index in [0.29, 0.717) is 0 Å². The number of fused-ring (bicyclic) bond motifs is 2. The average Bonchev–Trinajstić information content (AvgIpc) is 3.44. The molecule has 0 saturated carbocycles. The fourth-order valence-corrected chi connectivity index (χ4v) is 4.53. The number of nitrogens with zero attached hydrogens (tertiary/aromatic N) is 6. The summed E-state index contributed by atoms with van der Waals surface area (Å²) >= 11 is 0. The number of aryl methyl sites for hydroxylation is 2. The Kier molecular flexibility index (Phi) is 4.62. The molecule has 3 aromatic carbocycles. The van der Waals surface area contributed by atoms with E-state index >= 15 is 0 Å². The predicted molar refractivity (Wildman–Crippen MR) is 133 cm³/mol. The minimum absolute atomic E-state index is 0.741. The molecule has 7 heteroatoms. The third-order valence-corrected chi connectivity index (χ3v) is 6.03. The second kappa shape index (κ2) is 7.81. The van der Waals surface area contributed by atoms with Crippen LogP contribution < -0.4 is 4.74 Å². The number of aromatic nitrogens is 6. The molecule has 0 atom stereocenters. The molecule has 3 aromatic heterocycles. The number of benzene rings is 3. The molecule has 0 radical (unpaired) electrons. The van der Waals surface area contributed by atoms with E-state index in [4.69, 9.17) is 19.9 Å². The van der Waals surface area contributed by atoms with Crippen LogP contribution in [0, 0.1) is 0 Å². The highest BCUT2D eigenvalue weighted by Gasteiger charge is 2.19. The number of hydrogen-bond acceptors (Lipinski definition) is 5. The fraction of sp³-hybridized carbons (Fsp3) is 0.111. The number of methoxy groups -OCH3 is 1. The maximum atomic E-state index is 5.79. The Labute approximate surface area is 196 Å². The summed E-state index contributed by atoms with van der Waals surface area (Å²) in [7, 11) is 5.54. The van der Waals surface area contributed by atoms with Crippen molar-refractivity contribution >= 4 is 21.8 Å². The number of hydrogen-bond donors (Lipinski definition) is 0. The molecule has 7 nitrogen and oxygen atoms in total. The summed E-state index contributed by atoms with van der Waals surface area (Å²) in [5, 5.41) is 11.4. The summed E-state index contributed by atoms with van der Waals surface area (Å²) in [6, 6.07) is 20.4. The second-order valence-electron chi connectivity index (χ2n) is 8.27. The Hall–Kier alpha value is -4.52. The van der Waals surface area contributed by atoms with E-state index in [1.54, 1.807) is 13.4 Å². The van der Waals surface area contributed by atoms with Crippen LogP contribution in [0.25, 0.3) is 55.4 Å². The van der Waals surface area contributed by atoms with Gasteiger partial charge in [-0.15, -0.1) is 0 Å². The molecule has 0 amide bonds. The first-order valence-corrected chi connectivity index (χ1v) is 11.0. The maximum absolute atomic E-state index is 5.79. The van der Waals surface area contributed by atoms with Gasteiger partial charge in [-0.2, -0.15) is 10.2 Å². The van der Waals surface area contributed by atoms with E-state index in [-0.39, 0.29) is 0 Å². The van der Waals surface area contributed by atoms with Crippen molar-refractivity contribution in [3.8, 4) is 39.4 Å². The molecule has 0 aliphatic heterocycles. The van der Waals surface area contributed by atoms with Crippen molar-refractivity contribution in [1.29, 1.82) is 0 Å². The summed E-state index contributed by atoms with van der Waals surface area (Å²) in [5.41, 5.74) is 7.38. The Morgan fingerprint density at radius 2 is 1.56 bits per heavy atom. The molecule has 0 saturated heterocycles. The molecule has 6 aromatic rings. The Bertz CT molecular complexity index is 1670. The van der Waals surface area contributed by atoms with E-state index in [9.17, 15) is 0 Å². The zero-order chi connectivity index (χ0) is 23.2. The molecule has 6 rings (SSSR count). The summed E-state index contributed by atoms with van der Waals surface area (Å²) < 4.78 is 9.45. The van der Waals surface area contributed by atoms with Gasteiger partial charge in [0.25, 0.3) is 0 Å². The van der Waals surface area contributed by atoms with Gasteiger partial charge in [0.1, 0.15) is 23.3 Å². The minimum atomic E-state index is 0.741. The molecule has 166 valence electrons. The Morgan fingerprint density at radius 3 is 2.38 bits per heavy atom. The van der Waals surface area contributed by atoms with Crippen LogP contribution in [0.15, 0.2) is 79.4 Å². The topological polar surface area (TPSA) is 70.7 Å². The molecule has 0 N–H and O–H groups in total. The summed E-state index contributed by atoms with van der Waals surface area (Å²) in [5.74, 6) is 0.741. The van der Waals surface area contributed by atoms with Gasteiger partial charge in [-0.3, -0.25) is 9.36 Å². The third kappa shape index (κ3) is 3.21. The van der Waals surface area contributed by atoms with Gasteiger partial charge >= 0.3 is 0 Å². The quantitative estimate of drug-likeness (QED) is 0.369.